The van der Waals surface area contributed by atoms with Gasteiger partial charge in [0.15, 0.2) is 0 Å². The molecule has 2 heterocycles. The molecule has 5 nitrogen and oxygen atoms in total. The van der Waals surface area contributed by atoms with Crippen molar-refractivity contribution in [2.75, 3.05) is 26.2 Å². The average Bonchev–Trinajstić information content (AvgIpc) is 2.92. The normalized spacial score (nSPS) is 18.6. The summed E-state index contributed by atoms with van der Waals surface area (Å²) >= 11 is 1.43. The van der Waals surface area contributed by atoms with Gasteiger partial charge in [-0.3, -0.25) is 9.59 Å². The van der Waals surface area contributed by atoms with Crippen LogP contribution in [0, 0.1) is 12.8 Å². The van der Waals surface area contributed by atoms with Gasteiger partial charge >= 0.3 is 0 Å². The van der Waals surface area contributed by atoms with Gasteiger partial charge in [-0.2, -0.15) is 0 Å². The lowest BCUT2D eigenvalue weighted by atomic mass is 9.95. The fraction of sp³-hybridized carbons (Fsp3) is 0.600. The molecule has 1 atom stereocenters. The van der Waals surface area contributed by atoms with Crippen molar-refractivity contribution in [2.24, 2.45) is 5.92 Å². The van der Waals surface area contributed by atoms with Crippen molar-refractivity contribution < 1.29 is 14.7 Å². The number of carbonyl (C=O) groups excluding carboxylic acids is 2. The first kappa shape index (κ1) is 16.0. The minimum Gasteiger partial charge on any atom is -0.396 e. The highest BCUT2D eigenvalue weighted by atomic mass is 32.1. The zero-order valence-electron chi connectivity index (χ0n) is 12.3. The summed E-state index contributed by atoms with van der Waals surface area (Å²) in [4.78, 5) is 27.6. The molecule has 0 aromatic carbocycles. The van der Waals surface area contributed by atoms with Gasteiger partial charge < -0.3 is 15.3 Å². The van der Waals surface area contributed by atoms with Crippen LogP contribution in [0.1, 0.15) is 33.8 Å². The smallest absolute Gasteiger partial charge is 0.261 e. The van der Waals surface area contributed by atoms with Gasteiger partial charge in [0.2, 0.25) is 5.91 Å². The fourth-order valence-corrected chi connectivity index (χ4v) is 3.41. The van der Waals surface area contributed by atoms with Gasteiger partial charge in [-0.25, -0.2) is 0 Å². The van der Waals surface area contributed by atoms with Crippen molar-refractivity contribution in [3.05, 3.63) is 21.9 Å². The van der Waals surface area contributed by atoms with Crippen molar-refractivity contribution >= 4 is 23.2 Å². The molecule has 0 bridgehead atoms. The number of rotatable bonds is 5. The van der Waals surface area contributed by atoms with Crippen LogP contribution in [-0.2, 0) is 4.79 Å². The van der Waals surface area contributed by atoms with Crippen LogP contribution in [-0.4, -0.2) is 48.1 Å². The predicted octanol–water partition coefficient (Wildman–Crippen LogP) is 1.41. The summed E-state index contributed by atoms with van der Waals surface area (Å²) in [5, 5.41) is 11.7. The first-order valence-corrected chi connectivity index (χ1v) is 8.15. The summed E-state index contributed by atoms with van der Waals surface area (Å²) in [6, 6.07) is 3.67. The second kappa shape index (κ2) is 7.56. The number of piperidine rings is 1. The summed E-state index contributed by atoms with van der Waals surface area (Å²) in [6.07, 6.45) is 2.77. The molecule has 1 aromatic rings. The minimum absolute atomic E-state index is 0.0423. The third-order valence-corrected chi connectivity index (χ3v) is 4.77. The Hall–Kier alpha value is -1.40. The zero-order chi connectivity index (χ0) is 15.2. The maximum Gasteiger partial charge on any atom is 0.261 e. The lowest BCUT2D eigenvalue weighted by Gasteiger charge is -2.32. The van der Waals surface area contributed by atoms with E-state index >= 15 is 0 Å². The van der Waals surface area contributed by atoms with Gasteiger partial charge in [-0.05, 0) is 44.2 Å². The summed E-state index contributed by atoms with van der Waals surface area (Å²) in [7, 11) is 0. The van der Waals surface area contributed by atoms with E-state index < -0.39 is 0 Å². The number of hydrogen-bond acceptors (Lipinski definition) is 4. The molecule has 21 heavy (non-hydrogen) atoms. The number of aryl methyl sites for hydroxylation is 1. The standard InChI is InChI=1S/C15H22N2O3S/c1-11-4-5-13(21-11)15(20)16-9-14(19)17-7-2-3-12(10-17)6-8-18/h4-5,12,18H,2-3,6-10H2,1H3,(H,16,20). The molecule has 116 valence electrons. The Kier molecular flexibility index (Phi) is 5.76. The SMILES string of the molecule is Cc1ccc(C(=O)NCC(=O)N2CCCC(CCO)C2)s1. The molecule has 2 N–H and O–H groups in total. The first-order valence-electron chi connectivity index (χ1n) is 7.33. The number of carbonyl (C=O) groups is 2. The van der Waals surface area contributed by atoms with Crippen LogP contribution in [0.25, 0.3) is 0 Å². The Morgan fingerprint density at radius 3 is 2.95 bits per heavy atom. The molecule has 1 aliphatic heterocycles. The Morgan fingerprint density at radius 2 is 2.29 bits per heavy atom. The highest BCUT2D eigenvalue weighted by Gasteiger charge is 2.23. The summed E-state index contributed by atoms with van der Waals surface area (Å²) < 4.78 is 0. The molecule has 1 aromatic heterocycles. The summed E-state index contributed by atoms with van der Waals surface area (Å²) in [5.41, 5.74) is 0. The molecular formula is C15H22N2O3S. The molecule has 0 aliphatic carbocycles. The molecule has 1 aliphatic rings. The monoisotopic (exact) mass is 310 g/mol. The first-order chi connectivity index (χ1) is 10.1. The number of aliphatic hydroxyl groups excluding tert-OH is 1. The number of amides is 2. The number of hydrogen-bond donors (Lipinski definition) is 2. The lowest BCUT2D eigenvalue weighted by molar-refractivity contribution is -0.132. The van der Waals surface area contributed by atoms with Crippen LogP contribution < -0.4 is 5.32 Å². The number of thiophene rings is 1. The van der Waals surface area contributed by atoms with E-state index in [-0.39, 0.29) is 25.0 Å². The van der Waals surface area contributed by atoms with Gasteiger partial charge in [0.25, 0.3) is 5.91 Å². The lowest BCUT2D eigenvalue weighted by Crippen LogP contribution is -2.45. The van der Waals surface area contributed by atoms with E-state index in [1.165, 1.54) is 11.3 Å². The summed E-state index contributed by atoms with van der Waals surface area (Å²) in [5.74, 6) is 0.146. The Morgan fingerprint density at radius 1 is 1.48 bits per heavy atom. The Balaban J connectivity index is 1.80. The highest BCUT2D eigenvalue weighted by Crippen LogP contribution is 2.19. The average molecular weight is 310 g/mol. The quantitative estimate of drug-likeness (QED) is 0.864. The highest BCUT2D eigenvalue weighted by molar-refractivity contribution is 7.13. The molecule has 6 heteroatoms. The van der Waals surface area contributed by atoms with Gasteiger partial charge in [-0.15, -0.1) is 11.3 Å². The number of nitrogens with one attached hydrogen (secondary N) is 1. The number of likely N-dealkylation sites (tertiary alicyclic amines) is 1. The van der Waals surface area contributed by atoms with Crippen LogP contribution in [0.4, 0.5) is 0 Å². The van der Waals surface area contributed by atoms with Gasteiger partial charge in [0.05, 0.1) is 11.4 Å². The van der Waals surface area contributed by atoms with E-state index in [0.29, 0.717) is 17.3 Å². The predicted molar refractivity (Wildman–Crippen MR) is 82.4 cm³/mol. The van der Waals surface area contributed by atoms with Gasteiger partial charge in [0.1, 0.15) is 0 Å². The fourth-order valence-electron chi connectivity index (χ4n) is 2.62. The van der Waals surface area contributed by atoms with Crippen molar-refractivity contribution in [3.8, 4) is 0 Å². The maximum atomic E-state index is 12.1. The molecular weight excluding hydrogens is 288 g/mol. The van der Waals surface area contributed by atoms with Gasteiger partial charge in [0, 0.05) is 24.6 Å². The third-order valence-electron chi connectivity index (χ3n) is 3.77. The van der Waals surface area contributed by atoms with Crippen molar-refractivity contribution in [2.45, 2.75) is 26.2 Å². The van der Waals surface area contributed by atoms with Crippen LogP contribution in [0.5, 0.6) is 0 Å². The van der Waals surface area contributed by atoms with E-state index in [2.05, 4.69) is 5.32 Å². The van der Waals surface area contributed by atoms with Crippen molar-refractivity contribution in [3.63, 3.8) is 0 Å². The maximum absolute atomic E-state index is 12.1. The number of nitrogens with zero attached hydrogens (tertiary/aromatic N) is 1. The zero-order valence-corrected chi connectivity index (χ0v) is 13.1. The van der Waals surface area contributed by atoms with E-state index in [9.17, 15) is 9.59 Å². The van der Waals surface area contributed by atoms with E-state index in [4.69, 9.17) is 5.11 Å². The van der Waals surface area contributed by atoms with E-state index in [1.54, 1.807) is 11.0 Å². The molecule has 1 unspecified atom stereocenters. The third kappa shape index (κ3) is 4.54. The van der Waals surface area contributed by atoms with Crippen LogP contribution in [0.3, 0.4) is 0 Å². The number of aliphatic hydroxyl groups is 1. The molecule has 0 radical (unpaired) electrons. The molecule has 2 amide bonds. The van der Waals surface area contributed by atoms with Gasteiger partial charge in [-0.1, -0.05) is 0 Å². The summed E-state index contributed by atoms with van der Waals surface area (Å²) in [6.45, 7) is 3.59. The largest absolute Gasteiger partial charge is 0.396 e. The second-order valence-electron chi connectivity index (χ2n) is 5.45. The minimum atomic E-state index is -0.189. The van der Waals surface area contributed by atoms with Crippen LogP contribution >= 0.6 is 11.3 Å². The van der Waals surface area contributed by atoms with E-state index in [0.717, 1.165) is 30.7 Å². The second-order valence-corrected chi connectivity index (χ2v) is 6.74. The van der Waals surface area contributed by atoms with Crippen LogP contribution in [0.2, 0.25) is 0 Å². The molecule has 0 spiro atoms. The topological polar surface area (TPSA) is 69.6 Å². The van der Waals surface area contributed by atoms with E-state index in [1.807, 2.05) is 13.0 Å². The molecule has 2 rings (SSSR count). The molecule has 0 saturated carbocycles. The van der Waals surface area contributed by atoms with Crippen LogP contribution in [0.15, 0.2) is 12.1 Å². The van der Waals surface area contributed by atoms with Crippen molar-refractivity contribution in [1.29, 1.82) is 0 Å². The molecule has 1 saturated heterocycles. The Labute approximate surface area is 129 Å². The van der Waals surface area contributed by atoms with Crippen molar-refractivity contribution in [1.82, 2.24) is 10.2 Å². The Bertz CT molecular complexity index is 499. The molecule has 1 fully saturated rings.